The van der Waals surface area contributed by atoms with Crippen LogP contribution < -0.4 is 0 Å². The Labute approximate surface area is 122 Å². The second kappa shape index (κ2) is 4.70. The molecule has 2 aliphatic rings. The first-order chi connectivity index (χ1) is 8.94. The van der Waals surface area contributed by atoms with Crippen molar-refractivity contribution < 1.29 is 13.5 Å². The fraction of sp³-hybridized carbons (Fsp3) is 0.667. The number of piperidine rings is 1. The van der Waals surface area contributed by atoms with Gasteiger partial charge in [0.05, 0.1) is 10.4 Å². The molecule has 3 rings (SSSR count). The van der Waals surface area contributed by atoms with Gasteiger partial charge in [-0.1, -0.05) is 11.6 Å². The van der Waals surface area contributed by atoms with Crippen LogP contribution in [0.5, 0.6) is 0 Å². The summed E-state index contributed by atoms with van der Waals surface area (Å²) in [5.41, 5.74) is -0.0148. The Morgan fingerprint density at radius 2 is 2.00 bits per heavy atom. The van der Waals surface area contributed by atoms with Crippen LogP contribution in [-0.2, 0) is 10.0 Å². The zero-order valence-corrected chi connectivity index (χ0v) is 12.8. The fourth-order valence-corrected chi connectivity index (χ4v) is 6.08. The first-order valence-corrected chi connectivity index (χ1v) is 9.01. The van der Waals surface area contributed by atoms with Crippen LogP contribution in [0, 0.1) is 5.41 Å². The standard InChI is InChI=1S/C12H16ClNO3S2/c13-10-1-2-11(18-10)19(16,17)14-7-5-12(6-8-14)4-3-9(12)15/h1-2,9,15H,3-8H2. The number of thiophene rings is 1. The summed E-state index contributed by atoms with van der Waals surface area (Å²) in [7, 11) is -3.41. The molecular weight excluding hydrogens is 306 g/mol. The highest BCUT2D eigenvalue weighted by molar-refractivity contribution is 7.91. The zero-order valence-electron chi connectivity index (χ0n) is 10.4. The number of aliphatic hydroxyl groups is 1. The number of rotatable bonds is 2. The van der Waals surface area contributed by atoms with Gasteiger partial charge in [-0.25, -0.2) is 8.42 Å². The van der Waals surface area contributed by atoms with E-state index in [9.17, 15) is 13.5 Å². The molecule has 2 heterocycles. The summed E-state index contributed by atoms with van der Waals surface area (Å²) in [5.74, 6) is 0. The van der Waals surface area contributed by atoms with E-state index in [2.05, 4.69) is 0 Å². The lowest BCUT2D eigenvalue weighted by Gasteiger charge is -2.51. The third-order valence-electron chi connectivity index (χ3n) is 4.48. The van der Waals surface area contributed by atoms with Gasteiger partial charge in [-0.3, -0.25) is 0 Å². The van der Waals surface area contributed by atoms with Gasteiger partial charge in [-0.05, 0) is 43.2 Å². The van der Waals surface area contributed by atoms with Gasteiger partial charge in [0.2, 0.25) is 0 Å². The number of hydrogen-bond donors (Lipinski definition) is 1. The van der Waals surface area contributed by atoms with Gasteiger partial charge in [-0.2, -0.15) is 4.31 Å². The van der Waals surface area contributed by atoms with Crippen molar-refractivity contribution in [1.82, 2.24) is 4.31 Å². The molecule has 1 unspecified atom stereocenters. The van der Waals surface area contributed by atoms with Crippen molar-refractivity contribution in [2.24, 2.45) is 5.41 Å². The fourth-order valence-electron chi connectivity index (χ4n) is 3.00. The van der Waals surface area contributed by atoms with Gasteiger partial charge in [-0.15, -0.1) is 11.3 Å². The highest BCUT2D eigenvalue weighted by Crippen LogP contribution is 2.49. The normalized spacial score (nSPS) is 27.4. The Bertz CT molecular complexity index is 576. The van der Waals surface area contributed by atoms with Gasteiger partial charge in [0, 0.05) is 13.1 Å². The summed E-state index contributed by atoms with van der Waals surface area (Å²) >= 11 is 6.90. The first-order valence-electron chi connectivity index (χ1n) is 6.38. The van der Waals surface area contributed by atoms with E-state index in [1.165, 1.54) is 4.31 Å². The number of sulfonamides is 1. The van der Waals surface area contributed by atoms with Crippen LogP contribution in [-0.4, -0.2) is 37.0 Å². The topological polar surface area (TPSA) is 57.6 Å². The maximum absolute atomic E-state index is 12.4. The third-order valence-corrected chi connectivity index (χ3v) is 8.08. The number of aliphatic hydroxyl groups excluding tert-OH is 1. The monoisotopic (exact) mass is 321 g/mol. The molecule has 1 aliphatic heterocycles. The highest BCUT2D eigenvalue weighted by Gasteiger charge is 2.48. The molecular formula is C12H16ClNO3S2. The molecule has 1 N–H and O–H groups in total. The molecule has 4 nitrogen and oxygen atoms in total. The lowest BCUT2D eigenvalue weighted by atomic mass is 9.61. The van der Waals surface area contributed by atoms with Crippen LogP contribution in [0.3, 0.4) is 0 Å². The second-order valence-corrected chi connectivity index (χ2v) is 9.26. The van der Waals surface area contributed by atoms with Crippen LogP contribution in [0.4, 0.5) is 0 Å². The van der Waals surface area contributed by atoms with E-state index < -0.39 is 10.0 Å². The van der Waals surface area contributed by atoms with E-state index >= 15 is 0 Å². The van der Waals surface area contributed by atoms with Crippen molar-refractivity contribution in [3.63, 3.8) is 0 Å². The van der Waals surface area contributed by atoms with E-state index in [1.54, 1.807) is 12.1 Å². The molecule has 1 atom stereocenters. The smallest absolute Gasteiger partial charge is 0.252 e. The minimum Gasteiger partial charge on any atom is -0.393 e. The highest BCUT2D eigenvalue weighted by atomic mass is 35.5. The van der Waals surface area contributed by atoms with Crippen LogP contribution in [0.15, 0.2) is 16.3 Å². The van der Waals surface area contributed by atoms with E-state index in [4.69, 9.17) is 11.6 Å². The van der Waals surface area contributed by atoms with E-state index in [0.29, 0.717) is 21.6 Å². The lowest BCUT2D eigenvalue weighted by molar-refractivity contribution is -0.0911. The maximum Gasteiger partial charge on any atom is 0.252 e. The summed E-state index contributed by atoms with van der Waals surface area (Å²) in [6.07, 6.45) is 3.15. The molecule has 0 amide bonds. The van der Waals surface area contributed by atoms with Crippen molar-refractivity contribution in [3.8, 4) is 0 Å². The first kappa shape index (κ1) is 13.8. The molecule has 1 spiro atoms. The molecule has 0 aromatic carbocycles. The van der Waals surface area contributed by atoms with Crippen molar-refractivity contribution in [2.75, 3.05) is 13.1 Å². The predicted octanol–water partition coefficient (Wildman–Crippen LogP) is 2.33. The average Bonchev–Trinajstić information content (AvgIpc) is 2.84. The molecule has 0 radical (unpaired) electrons. The Kier molecular flexibility index (Phi) is 3.42. The van der Waals surface area contributed by atoms with Gasteiger partial charge >= 0.3 is 0 Å². The van der Waals surface area contributed by atoms with Crippen LogP contribution in [0.25, 0.3) is 0 Å². The van der Waals surface area contributed by atoms with E-state index in [1.807, 2.05) is 0 Å². The van der Waals surface area contributed by atoms with Crippen molar-refractivity contribution >= 4 is 33.0 Å². The Hall–Kier alpha value is -0.140. The molecule has 1 saturated heterocycles. The number of nitrogens with zero attached hydrogens (tertiary/aromatic N) is 1. The summed E-state index contributed by atoms with van der Waals surface area (Å²) < 4.78 is 27.1. The molecule has 2 fully saturated rings. The van der Waals surface area contributed by atoms with Crippen molar-refractivity contribution in [2.45, 2.75) is 36.0 Å². The summed E-state index contributed by atoms with van der Waals surface area (Å²) in [6, 6.07) is 3.17. The second-order valence-electron chi connectivity index (χ2n) is 5.38. The van der Waals surface area contributed by atoms with Crippen molar-refractivity contribution in [1.29, 1.82) is 0 Å². The van der Waals surface area contributed by atoms with Gasteiger partial charge < -0.3 is 5.11 Å². The Balaban J connectivity index is 1.74. The molecule has 1 aliphatic carbocycles. The third kappa shape index (κ3) is 2.23. The van der Waals surface area contributed by atoms with Gasteiger partial charge in [0.15, 0.2) is 0 Å². The Morgan fingerprint density at radius 3 is 2.42 bits per heavy atom. The minimum absolute atomic E-state index is 0.0148. The summed E-state index contributed by atoms with van der Waals surface area (Å²) in [5, 5.41) is 9.85. The molecule has 0 bridgehead atoms. The SMILES string of the molecule is O=S(=O)(c1ccc(Cl)s1)N1CCC2(CCC2O)CC1. The van der Waals surface area contributed by atoms with E-state index in [0.717, 1.165) is 37.0 Å². The Morgan fingerprint density at radius 1 is 1.32 bits per heavy atom. The molecule has 1 aromatic heterocycles. The molecule has 19 heavy (non-hydrogen) atoms. The van der Waals surface area contributed by atoms with E-state index in [-0.39, 0.29) is 11.5 Å². The predicted molar refractivity (Wildman–Crippen MR) is 75.0 cm³/mol. The quantitative estimate of drug-likeness (QED) is 0.909. The number of halogens is 1. The maximum atomic E-state index is 12.4. The molecule has 1 saturated carbocycles. The minimum atomic E-state index is -3.41. The lowest BCUT2D eigenvalue weighted by Crippen LogP contribution is -2.53. The molecule has 106 valence electrons. The van der Waals surface area contributed by atoms with Crippen LogP contribution >= 0.6 is 22.9 Å². The van der Waals surface area contributed by atoms with Crippen molar-refractivity contribution in [3.05, 3.63) is 16.5 Å². The average molecular weight is 322 g/mol. The molecule has 1 aromatic rings. The van der Waals surface area contributed by atoms with Crippen LogP contribution in [0.2, 0.25) is 4.34 Å². The number of hydrogen-bond acceptors (Lipinski definition) is 4. The summed E-state index contributed by atoms with van der Waals surface area (Å²) in [6.45, 7) is 0.990. The summed E-state index contributed by atoms with van der Waals surface area (Å²) in [4.78, 5) is 0. The van der Waals surface area contributed by atoms with Gasteiger partial charge in [0.1, 0.15) is 4.21 Å². The largest absolute Gasteiger partial charge is 0.393 e. The van der Waals surface area contributed by atoms with Gasteiger partial charge in [0.25, 0.3) is 10.0 Å². The van der Waals surface area contributed by atoms with Crippen LogP contribution in [0.1, 0.15) is 25.7 Å². The molecule has 7 heteroatoms. The zero-order chi connectivity index (χ0) is 13.7.